The van der Waals surface area contributed by atoms with E-state index in [9.17, 15) is 14.7 Å². The van der Waals surface area contributed by atoms with Gasteiger partial charge in [-0.2, -0.15) is 5.10 Å². The molecule has 0 aliphatic carbocycles. The molecule has 3 rings (SSSR count). The van der Waals surface area contributed by atoms with Crippen molar-refractivity contribution in [2.24, 2.45) is 13.0 Å². The van der Waals surface area contributed by atoms with Gasteiger partial charge in [0.25, 0.3) is 5.91 Å². The minimum absolute atomic E-state index is 0.0721. The number of hydrogen-bond acceptors (Lipinski definition) is 4. The fourth-order valence-corrected chi connectivity index (χ4v) is 4.33. The van der Waals surface area contributed by atoms with E-state index in [1.807, 2.05) is 24.7 Å². The van der Waals surface area contributed by atoms with Crippen LogP contribution in [0.5, 0.6) is 0 Å². The first kappa shape index (κ1) is 16.0. The lowest BCUT2D eigenvalue weighted by atomic mass is 10.0. The Labute approximate surface area is 138 Å². The summed E-state index contributed by atoms with van der Waals surface area (Å²) >= 11 is 1.43. The number of likely N-dealkylation sites (tertiary alicyclic amines) is 1. The van der Waals surface area contributed by atoms with Crippen LogP contribution in [0, 0.1) is 5.92 Å². The standard InChI is InChI=1S/C16H21N3O3S/c1-8(2)13-11-7-12(23-15(11)18(4)17-13)14(20)19-6-5-10(9(19)3)16(21)22/h7-10H,5-6H2,1-4H3,(H,21,22). The lowest BCUT2D eigenvalue weighted by Gasteiger charge is -2.22. The Hall–Kier alpha value is -1.89. The van der Waals surface area contributed by atoms with Crippen molar-refractivity contribution in [2.45, 2.75) is 39.2 Å². The Balaban J connectivity index is 1.93. The van der Waals surface area contributed by atoms with Crippen LogP contribution in [0.15, 0.2) is 6.07 Å². The van der Waals surface area contributed by atoms with Gasteiger partial charge in [0.15, 0.2) is 0 Å². The number of aryl methyl sites for hydroxylation is 1. The van der Waals surface area contributed by atoms with E-state index in [-0.39, 0.29) is 11.9 Å². The highest BCUT2D eigenvalue weighted by atomic mass is 32.1. The highest BCUT2D eigenvalue weighted by Gasteiger charge is 2.39. The van der Waals surface area contributed by atoms with Crippen molar-refractivity contribution >= 4 is 33.4 Å². The molecular weight excluding hydrogens is 314 g/mol. The third-order valence-corrected chi connectivity index (χ3v) is 5.82. The maximum atomic E-state index is 12.8. The third kappa shape index (κ3) is 2.52. The van der Waals surface area contributed by atoms with Crippen molar-refractivity contribution in [3.05, 3.63) is 16.6 Å². The Morgan fingerprint density at radius 2 is 2.13 bits per heavy atom. The summed E-state index contributed by atoms with van der Waals surface area (Å²) in [7, 11) is 1.89. The number of aromatic nitrogens is 2. The number of amides is 1. The predicted molar refractivity (Wildman–Crippen MR) is 88.9 cm³/mol. The van der Waals surface area contributed by atoms with Crippen LogP contribution >= 0.6 is 11.3 Å². The molecule has 7 heteroatoms. The van der Waals surface area contributed by atoms with E-state index in [1.54, 1.807) is 4.90 Å². The van der Waals surface area contributed by atoms with Crippen LogP contribution in [-0.4, -0.2) is 44.3 Å². The van der Waals surface area contributed by atoms with E-state index in [4.69, 9.17) is 0 Å². The molecular formula is C16H21N3O3S. The van der Waals surface area contributed by atoms with Gasteiger partial charge in [0.2, 0.25) is 0 Å². The van der Waals surface area contributed by atoms with Gasteiger partial charge < -0.3 is 10.0 Å². The van der Waals surface area contributed by atoms with Crippen molar-refractivity contribution in [1.82, 2.24) is 14.7 Å². The smallest absolute Gasteiger partial charge is 0.308 e. The van der Waals surface area contributed by atoms with E-state index in [0.29, 0.717) is 23.8 Å². The van der Waals surface area contributed by atoms with Crippen LogP contribution < -0.4 is 0 Å². The maximum absolute atomic E-state index is 12.8. The van der Waals surface area contributed by atoms with Gasteiger partial charge in [-0.15, -0.1) is 11.3 Å². The molecule has 1 fully saturated rings. The maximum Gasteiger partial charge on any atom is 0.308 e. The normalized spacial score (nSPS) is 21.5. The molecule has 23 heavy (non-hydrogen) atoms. The average molecular weight is 335 g/mol. The first-order chi connectivity index (χ1) is 10.8. The van der Waals surface area contributed by atoms with Crippen molar-refractivity contribution in [3.8, 4) is 0 Å². The topological polar surface area (TPSA) is 75.4 Å². The molecule has 0 aromatic carbocycles. The lowest BCUT2D eigenvalue weighted by Crippen LogP contribution is -2.37. The van der Waals surface area contributed by atoms with Gasteiger partial charge in [0.1, 0.15) is 4.83 Å². The minimum Gasteiger partial charge on any atom is -0.481 e. The average Bonchev–Trinajstić information content (AvgIpc) is 3.13. The van der Waals surface area contributed by atoms with E-state index in [1.165, 1.54) is 11.3 Å². The van der Waals surface area contributed by atoms with Crippen LogP contribution in [-0.2, 0) is 11.8 Å². The molecule has 3 heterocycles. The van der Waals surface area contributed by atoms with Gasteiger partial charge in [-0.25, -0.2) is 0 Å². The Morgan fingerprint density at radius 3 is 2.70 bits per heavy atom. The number of carbonyl (C=O) groups excluding carboxylic acids is 1. The van der Waals surface area contributed by atoms with Crippen molar-refractivity contribution in [2.75, 3.05) is 6.54 Å². The van der Waals surface area contributed by atoms with Gasteiger partial charge >= 0.3 is 5.97 Å². The van der Waals surface area contributed by atoms with Gasteiger partial charge in [0, 0.05) is 25.0 Å². The van der Waals surface area contributed by atoms with E-state index in [0.717, 1.165) is 15.9 Å². The monoisotopic (exact) mass is 335 g/mol. The van der Waals surface area contributed by atoms with E-state index in [2.05, 4.69) is 18.9 Å². The van der Waals surface area contributed by atoms with Crippen molar-refractivity contribution in [1.29, 1.82) is 0 Å². The predicted octanol–water partition coefficient (Wildman–Crippen LogP) is 2.69. The molecule has 124 valence electrons. The Kier molecular flexibility index (Phi) is 3.91. The van der Waals surface area contributed by atoms with Crippen molar-refractivity contribution in [3.63, 3.8) is 0 Å². The number of nitrogens with zero attached hydrogens (tertiary/aromatic N) is 3. The molecule has 1 N–H and O–H groups in total. The quantitative estimate of drug-likeness (QED) is 0.936. The molecule has 1 saturated heterocycles. The molecule has 2 aromatic rings. The minimum atomic E-state index is -0.824. The zero-order valence-electron chi connectivity index (χ0n) is 13.7. The first-order valence-corrected chi connectivity index (χ1v) is 8.63. The molecule has 0 saturated carbocycles. The van der Waals surface area contributed by atoms with Gasteiger partial charge in [-0.05, 0) is 25.3 Å². The van der Waals surface area contributed by atoms with Crippen molar-refractivity contribution < 1.29 is 14.7 Å². The largest absolute Gasteiger partial charge is 0.481 e. The number of carboxylic acid groups (broad SMARTS) is 1. The number of fused-ring (bicyclic) bond motifs is 1. The van der Waals surface area contributed by atoms with Crippen LogP contribution in [0.1, 0.15) is 48.5 Å². The van der Waals surface area contributed by atoms with Crippen LogP contribution in [0.4, 0.5) is 0 Å². The number of carboxylic acids is 1. The second-order valence-corrected chi connectivity index (χ2v) is 7.50. The number of carbonyl (C=O) groups is 2. The zero-order chi connectivity index (χ0) is 16.9. The summed E-state index contributed by atoms with van der Waals surface area (Å²) in [5.74, 6) is -1.08. The third-order valence-electron chi connectivity index (χ3n) is 4.63. The molecule has 2 unspecified atom stereocenters. The van der Waals surface area contributed by atoms with Gasteiger partial charge in [-0.3, -0.25) is 14.3 Å². The Bertz CT molecular complexity index is 777. The number of aliphatic carboxylic acids is 1. The molecule has 2 atom stereocenters. The summed E-state index contributed by atoms with van der Waals surface area (Å²) in [4.78, 5) is 27.4. The summed E-state index contributed by atoms with van der Waals surface area (Å²) in [6, 6.07) is 1.64. The second kappa shape index (κ2) is 5.63. The van der Waals surface area contributed by atoms with Crippen LogP contribution in [0.3, 0.4) is 0 Å². The molecule has 2 aromatic heterocycles. The highest BCUT2D eigenvalue weighted by Crippen LogP contribution is 2.34. The summed E-state index contributed by atoms with van der Waals surface area (Å²) < 4.78 is 1.82. The molecule has 0 bridgehead atoms. The molecule has 1 amide bonds. The van der Waals surface area contributed by atoms with Crippen LogP contribution in [0.2, 0.25) is 0 Å². The molecule has 6 nitrogen and oxygen atoms in total. The molecule has 1 aliphatic rings. The first-order valence-electron chi connectivity index (χ1n) is 7.81. The fraction of sp³-hybridized carbons (Fsp3) is 0.562. The molecule has 0 spiro atoms. The number of hydrogen-bond donors (Lipinski definition) is 1. The summed E-state index contributed by atoms with van der Waals surface area (Å²) in [6.45, 7) is 6.49. The fourth-order valence-electron chi connectivity index (χ4n) is 3.30. The second-order valence-electron chi connectivity index (χ2n) is 6.47. The molecule has 0 radical (unpaired) electrons. The zero-order valence-corrected chi connectivity index (χ0v) is 14.6. The van der Waals surface area contributed by atoms with Crippen LogP contribution in [0.25, 0.3) is 10.2 Å². The highest BCUT2D eigenvalue weighted by molar-refractivity contribution is 7.20. The number of thiophene rings is 1. The van der Waals surface area contributed by atoms with E-state index < -0.39 is 11.9 Å². The van der Waals surface area contributed by atoms with Gasteiger partial charge in [0.05, 0.1) is 16.5 Å². The van der Waals surface area contributed by atoms with E-state index >= 15 is 0 Å². The summed E-state index contributed by atoms with van der Waals surface area (Å²) in [5, 5.41) is 14.8. The SMILES string of the molecule is CC(C)c1nn(C)c2sc(C(=O)N3CCC(C(=O)O)C3C)cc12. The van der Waals surface area contributed by atoms with Gasteiger partial charge in [-0.1, -0.05) is 13.8 Å². The molecule has 1 aliphatic heterocycles. The summed E-state index contributed by atoms with van der Waals surface area (Å²) in [5.41, 5.74) is 0.996. The lowest BCUT2D eigenvalue weighted by molar-refractivity contribution is -0.142. The summed E-state index contributed by atoms with van der Waals surface area (Å²) in [6.07, 6.45) is 0.520. The Morgan fingerprint density at radius 1 is 1.43 bits per heavy atom. The number of rotatable bonds is 3.